The minimum absolute atomic E-state index is 0.143. The molecule has 0 rings (SSSR count). The zero-order valence-electron chi connectivity index (χ0n) is 11.5. The summed E-state index contributed by atoms with van der Waals surface area (Å²) in [6.07, 6.45) is -10.4. The zero-order chi connectivity index (χ0) is 16.8. The summed E-state index contributed by atoms with van der Waals surface area (Å²) in [6.45, 7) is 3.51. The molecule has 0 bridgehead atoms. The Balaban J connectivity index is 5.10. The van der Waals surface area contributed by atoms with Gasteiger partial charge in [0.2, 0.25) is 5.84 Å². The minimum Gasteiger partial charge on any atom is -0.339 e. The minimum atomic E-state index is -4.75. The maximum absolute atomic E-state index is 12.7. The van der Waals surface area contributed by atoms with Crippen LogP contribution in [-0.2, 0) is 0 Å². The van der Waals surface area contributed by atoms with Gasteiger partial charge in [0.25, 0.3) is 0 Å². The van der Waals surface area contributed by atoms with Crippen molar-refractivity contribution < 1.29 is 26.3 Å². The van der Waals surface area contributed by atoms with Crippen LogP contribution < -0.4 is 5.73 Å². The second kappa shape index (κ2) is 7.43. The summed E-state index contributed by atoms with van der Waals surface area (Å²) in [5, 5.41) is 0. The number of halogens is 6. The Morgan fingerprint density at radius 2 is 1.71 bits per heavy atom. The third kappa shape index (κ3) is 6.15. The van der Waals surface area contributed by atoms with E-state index in [2.05, 4.69) is 16.6 Å². The van der Waals surface area contributed by atoms with Gasteiger partial charge in [0.15, 0.2) is 0 Å². The average Bonchev–Trinajstić information content (AvgIpc) is 2.32. The number of alkyl halides is 6. The van der Waals surface area contributed by atoms with E-state index in [0.717, 1.165) is 7.05 Å². The Labute approximate surface area is 118 Å². The highest BCUT2D eigenvalue weighted by Gasteiger charge is 2.40. The highest BCUT2D eigenvalue weighted by Crippen LogP contribution is 2.21. The fourth-order valence-electron chi connectivity index (χ4n) is 1.29. The Morgan fingerprint density at radius 3 is 2.05 bits per heavy atom. The van der Waals surface area contributed by atoms with Crippen LogP contribution >= 0.6 is 0 Å². The number of amidine groups is 1. The van der Waals surface area contributed by atoms with Crippen LogP contribution in [0.5, 0.6) is 0 Å². The van der Waals surface area contributed by atoms with Gasteiger partial charge in [0, 0.05) is 13.6 Å². The predicted octanol–water partition coefficient (Wildman–Crippen LogP) is 2.37. The molecule has 4 nitrogen and oxygen atoms in total. The van der Waals surface area contributed by atoms with Crippen molar-refractivity contribution in [1.82, 2.24) is 4.90 Å². The number of rotatable bonds is 5. The molecule has 2 N–H and O–H groups in total. The molecular formula is C11H16F6N4. The molecule has 0 radical (unpaired) electrons. The lowest BCUT2D eigenvalue weighted by molar-refractivity contribution is -0.0698. The third-order valence-electron chi connectivity index (χ3n) is 2.33. The largest absolute Gasteiger partial charge is 0.449 e. The van der Waals surface area contributed by atoms with Crippen LogP contribution in [0.4, 0.5) is 26.3 Å². The number of hydrogen-bond donors (Lipinski definition) is 1. The van der Waals surface area contributed by atoms with E-state index < -0.39 is 36.6 Å². The molecule has 0 spiro atoms. The summed E-state index contributed by atoms with van der Waals surface area (Å²) >= 11 is 0. The van der Waals surface area contributed by atoms with Gasteiger partial charge in [-0.15, -0.1) is 0 Å². The number of aliphatic imine (C=N–C) groups is 2. The first-order valence-corrected chi connectivity index (χ1v) is 5.79. The molecule has 0 saturated heterocycles. The standard InChI is InChI=1S/C11H16F6N4/c1-4-7(10(12,13)14)20-6-8(18)21(3)9(19-5-2)11(15,16)17/h4,8H,1,5-6,18H2,2-3H3. The summed E-state index contributed by atoms with van der Waals surface area (Å²) in [5.74, 6) is -1.26. The summed E-state index contributed by atoms with van der Waals surface area (Å²) in [7, 11) is 0.989. The zero-order valence-corrected chi connectivity index (χ0v) is 11.5. The van der Waals surface area contributed by atoms with Crippen LogP contribution in [0.15, 0.2) is 22.6 Å². The maximum Gasteiger partial charge on any atom is 0.449 e. The van der Waals surface area contributed by atoms with E-state index in [0.29, 0.717) is 11.0 Å². The molecule has 0 heterocycles. The molecule has 21 heavy (non-hydrogen) atoms. The second-order valence-corrected chi connectivity index (χ2v) is 3.90. The fourth-order valence-corrected chi connectivity index (χ4v) is 1.29. The predicted molar refractivity (Wildman–Crippen MR) is 68.3 cm³/mol. The number of nitrogens with two attached hydrogens (primary N) is 1. The first-order chi connectivity index (χ1) is 9.45. The van der Waals surface area contributed by atoms with E-state index in [1.54, 1.807) is 0 Å². The topological polar surface area (TPSA) is 54.0 Å². The van der Waals surface area contributed by atoms with Crippen molar-refractivity contribution in [3.8, 4) is 0 Å². The second-order valence-electron chi connectivity index (χ2n) is 3.90. The molecule has 122 valence electrons. The summed E-state index contributed by atoms with van der Waals surface area (Å²) in [6, 6.07) is 0. The fraction of sp³-hybridized carbons (Fsp3) is 0.636. The van der Waals surface area contributed by atoms with Gasteiger partial charge in [-0.1, -0.05) is 6.58 Å². The normalized spacial score (nSPS) is 15.9. The summed E-state index contributed by atoms with van der Waals surface area (Å²) in [5.41, 5.74) is 4.13. The van der Waals surface area contributed by atoms with E-state index in [4.69, 9.17) is 5.73 Å². The van der Waals surface area contributed by atoms with E-state index in [1.807, 2.05) is 0 Å². The van der Waals surface area contributed by atoms with Crippen molar-refractivity contribution in [2.75, 3.05) is 20.1 Å². The molecule has 0 saturated carbocycles. The van der Waals surface area contributed by atoms with Crippen LogP contribution in [0.25, 0.3) is 0 Å². The lowest BCUT2D eigenvalue weighted by Gasteiger charge is -2.28. The molecule has 0 aromatic carbocycles. The molecule has 1 atom stereocenters. The maximum atomic E-state index is 12.7. The Bertz CT molecular complexity index is 410. The van der Waals surface area contributed by atoms with E-state index >= 15 is 0 Å². The molecule has 0 amide bonds. The van der Waals surface area contributed by atoms with Gasteiger partial charge < -0.3 is 10.6 Å². The highest BCUT2D eigenvalue weighted by molar-refractivity contribution is 5.99. The van der Waals surface area contributed by atoms with Crippen molar-refractivity contribution >= 4 is 11.5 Å². The molecule has 10 heteroatoms. The highest BCUT2D eigenvalue weighted by atomic mass is 19.4. The van der Waals surface area contributed by atoms with Gasteiger partial charge in [-0.25, -0.2) is 0 Å². The van der Waals surface area contributed by atoms with Crippen LogP contribution in [0.3, 0.4) is 0 Å². The van der Waals surface area contributed by atoms with Gasteiger partial charge in [-0.2, -0.15) is 26.3 Å². The van der Waals surface area contributed by atoms with Gasteiger partial charge in [-0.3, -0.25) is 9.98 Å². The number of hydrogen-bond acceptors (Lipinski definition) is 3. The lowest BCUT2D eigenvalue weighted by atomic mass is 10.3. The first kappa shape index (κ1) is 19.4. The monoisotopic (exact) mass is 318 g/mol. The summed E-state index contributed by atoms with van der Waals surface area (Å²) in [4.78, 5) is 6.95. The van der Waals surface area contributed by atoms with Crippen LogP contribution in [0.2, 0.25) is 0 Å². The number of likely N-dealkylation sites (N-methyl/N-ethyl adjacent to an activating group) is 1. The Hall–Kier alpha value is -1.58. The van der Waals surface area contributed by atoms with Gasteiger partial charge in [-0.05, 0) is 13.0 Å². The van der Waals surface area contributed by atoms with Crippen LogP contribution in [0, 0.1) is 0 Å². The SMILES string of the molecule is C=CC(=NCC(N)N(C)C(=NCC)C(F)(F)F)C(F)(F)F. The van der Waals surface area contributed by atoms with E-state index in [1.165, 1.54) is 6.92 Å². The molecule has 0 aromatic heterocycles. The number of allylic oxidation sites excluding steroid dienone is 1. The Kier molecular flexibility index (Phi) is 6.88. The summed E-state index contributed by atoms with van der Waals surface area (Å²) < 4.78 is 75.3. The third-order valence-corrected chi connectivity index (χ3v) is 2.33. The Morgan fingerprint density at radius 1 is 1.19 bits per heavy atom. The quantitative estimate of drug-likeness (QED) is 0.366. The van der Waals surface area contributed by atoms with Crippen molar-refractivity contribution in [3.05, 3.63) is 12.7 Å². The van der Waals surface area contributed by atoms with Crippen LogP contribution in [-0.4, -0.2) is 55.1 Å². The van der Waals surface area contributed by atoms with Crippen molar-refractivity contribution in [1.29, 1.82) is 0 Å². The molecule has 0 fully saturated rings. The van der Waals surface area contributed by atoms with Crippen molar-refractivity contribution in [3.63, 3.8) is 0 Å². The lowest BCUT2D eigenvalue weighted by Crippen LogP contribution is -2.50. The molecule has 0 aliphatic rings. The van der Waals surface area contributed by atoms with E-state index in [-0.39, 0.29) is 6.54 Å². The van der Waals surface area contributed by atoms with Crippen LogP contribution in [0.1, 0.15) is 6.92 Å². The van der Waals surface area contributed by atoms with Gasteiger partial charge in [0.1, 0.15) is 5.71 Å². The molecular weight excluding hydrogens is 302 g/mol. The molecule has 1 unspecified atom stereocenters. The molecule has 0 aliphatic carbocycles. The molecule has 0 aliphatic heterocycles. The van der Waals surface area contributed by atoms with Gasteiger partial charge >= 0.3 is 12.4 Å². The first-order valence-electron chi connectivity index (χ1n) is 5.79. The average molecular weight is 318 g/mol. The molecule has 0 aromatic rings. The van der Waals surface area contributed by atoms with Crippen molar-refractivity contribution in [2.45, 2.75) is 25.4 Å². The van der Waals surface area contributed by atoms with Crippen molar-refractivity contribution in [2.24, 2.45) is 15.7 Å². The number of nitrogens with zero attached hydrogens (tertiary/aromatic N) is 3. The van der Waals surface area contributed by atoms with E-state index in [9.17, 15) is 26.3 Å². The smallest absolute Gasteiger partial charge is 0.339 e. The van der Waals surface area contributed by atoms with Gasteiger partial charge in [0.05, 0.1) is 12.7 Å².